The summed E-state index contributed by atoms with van der Waals surface area (Å²) in [7, 11) is 0. The maximum Gasteiger partial charge on any atom is 0.0233 e. The zero-order valence-corrected chi connectivity index (χ0v) is 11.1. The second kappa shape index (κ2) is 4.97. The number of hydrogen-bond donors (Lipinski definition) is 0. The minimum Gasteiger partial charge on any atom is -0.0628 e. The van der Waals surface area contributed by atoms with Gasteiger partial charge in [-0.1, -0.05) is 41.9 Å². The molecule has 0 heterocycles. The molecule has 1 aromatic carbocycles. The van der Waals surface area contributed by atoms with Crippen molar-refractivity contribution in [3.63, 3.8) is 0 Å². The Kier molecular flexibility index (Phi) is 4.18. The highest BCUT2D eigenvalue weighted by Crippen LogP contribution is 2.23. The Morgan fingerprint density at radius 3 is 2.07 bits per heavy atom. The predicted octanol–water partition coefficient (Wildman–Crippen LogP) is 4.65. The molecule has 0 spiro atoms. The van der Waals surface area contributed by atoms with Gasteiger partial charge in [-0.25, -0.2) is 0 Å². The smallest absolute Gasteiger partial charge is 0.0233 e. The highest BCUT2D eigenvalue weighted by atomic mass is 79.9. The van der Waals surface area contributed by atoms with E-state index in [1.165, 1.54) is 34.0 Å². The van der Waals surface area contributed by atoms with Crippen molar-refractivity contribution in [2.45, 2.75) is 40.5 Å². The molecule has 1 heteroatoms. The summed E-state index contributed by atoms with van der Waals surface area (Å²) in [6.45, 7) is 8.88. The van der Waals surface area contributed by atoms with Gasteiger partial charge in [0.25, 0.3) is 0 Å². The third-order valence-electron chi connectivity index (χ3n) is 2.51. The Morgan fingerprint density at radius 2 is 1.64 bits per heavy atom. The van der Waals surface area contributed by atoms with Gasteiger partial charge in [0.1, 0.15) is 0 Å². The second-order valence-electron chi connectivity index (χ2n) is 4.48. The lowest BCUT2D eigenvalue weighted by molar-refractivity contribution is 0.586. The molecule has 0 saturated heterocycles. The lowest BCUT2D eigenvalue weighted by Crippen LogP contribution is -1.94. The fraction of sp³-hybridized carbons (Fsp3) is 0.538. The number of benzene rings is 1. The lowest BCUT2D eigenvalue weighted by atomic mass is 9.99. The Balaban J connectivity index is 2.79. The van der Waals surface area contributed by atoms with Crippen LogP contribution < -0.4 is 0 Å². The van der Waals surface area contributed by atoms with Crippen LogP contribution in [-0.2, 0) is 6.42 Å². The molecule has 0 aliphatic heterocycles. The first kappa shape index (κ1) is 11.8. The summed E-state index contributed by atoms with van der Waals surface area (Å²) < 4.78 is 1.26. The first-order chi connectivity index (χ1) is 6.50. The van der Waals surface area contributed by atoms with Crippen LogP contribution in [0.5, 0.6) is 0 Å². The van der Waals surface area contributed by atoms with Crippen molar-refractivity contribution in [1.82, 2.24) is 0 Å². The van der Waals surface area contributed by atoms with Crippen molar-refractivity contribution in [1.29, 1.82) is 0 Å². The van der Waals surface area contributed by atoms with Crippen molar-refractivity contribution >= 4 is 15.9 Å². The average molecular weight is 255 g/mol. The molecule has 1 aromatic rings. The fourth-order valence-electron chi connectivity index (χ4n) is 1.64. The molecular formula is C13H19Br. The molecule has 0 atom stereocenters. The zero-order chi connectivity index (χ0) is 10.7. The Labute approximate surface area is 95.9 Å². The van der Waals surface area contributed by atoms with Crippen LogP contribution >= 0.6 is 15.9 Å². The summed E-state index contributed by atoms with van der Waals surface area (Å²) in [5, 5.41) is 0. The highest BCUT2D eigenvalue weighted by molar-refractivity contribution is 9.10. The Bertz CT molecular complexity index is 290. The summed E-state index contributed by atoms with van der Waals surface area (Å²) in [4.78, 5) is 0. The zero-order valence-electron chi connectivity index (χ0n) is 9.52. The molecule has 0 N–H and O–H groups in total. The summed E-state index contributed by atoms with van der Waals surface area (Å²) in [5.74, 6) is 0.791. The van der Waals surface area contributed by atoms with E-state index in [0.29, 0.717) is 0 Å². The molecular weight excluding hydrogens is 236 g/mol. The number of hydrogen-bond acceptors (Lipinski definition) is 0. The van der Waals surface area contributed by atoms with Gasteiger partial charge < -0.3 is 0 Å². The topological polar surface area (TPSA) is 0 Å². The third kappa shape index (κ3) is 3.13. The molecule has 14 heavy (non-hydrogen) atoms. The van der Waals surface area contributed by atoms with Crippen molar-refractivity contribution in [3.8, 4) is 0 Å². The number of aryl methyl sites for hydroxylation is 3. The van der Waals surface area contributed by atoms with E-state index >= 15 is 0 Å². The Hall–Kier alpha value is -0.300. The number of halogens is 1. The van der Waals surface area contributed by atoms with E-state index in [0.717, 1.165) is 5.92 Å². The molecule has 0 nitrogen and oxygen atoms in total. The van der Waals surface area contributed by atoms with Crippen LogP contribution in [0.1, 0.15) is 37.0 Å². The van der Waals surface area contributed by atoms with Gasteiger partial charge in [0.2, 0.25) is 0 Å². The first-order valence-corrected chi connectivity index (χ1v) is 6.05. The van der Waals surface area contributed by atoms with Crippen LogP contribution in [0.25, 0.3) is 0 Å². The maximum atomic E-state index is 3.59. The molecule has 0 aromatic heterocycles. The second-order valence-corrected chi connectivity index (χ2v) is 5.27. The lowest BCUT2D eigenvalue weighted by Gasteiger charge is -2.09. The van der Waals surface area contributed by atoms with Gasteiger partial charge in [-0.2, -0.15) is 0 Å². The summed E-state index contributed by atoms with van der Waals surface area (Å²) in [6, 6.07) is 4.58. The molecule has 0 aliphatic rings. The van der Waals surface area contributed by atoms with Crippen molar-refractivity contribution in [3.05, 3.63) is 33.3 Å². The molecule has 0 unspecified atom stereocenters. The minimum atomic E-state index is 0.791. The fourth-order valence-corrected chi connectivity index (χ4v) is 1.86. The average Bonchev–Trinajstić information content (AvgIpc) is 2.10. The molecule has 78 valence electrons. The molecule has 0 saturated carbocycles. The van der Waals surface area contributed by atoms with Crippen molar-refractivity contribution in [2.24, 2.45) is 5.92 Å². The van der Waals surface area contributed by atoms with Crippen LogP contribution in [0.4, 0.5) is 0 Å². The van der Waals surface area contributed by atoms with Crippen molar-refractivity contribution < 1.29 is 0 Å². The molecule has 0 aliphatic carbocycles. The molecule has 0 bridgehead atoms. The van der Waals surface area contributed by atoms with Gasteiger partial charge in [0.05, 0.1) is 0 Å². The number of rotatable bonds is 3. The summed E-state index contributed by atoms with van der Waals surface area (Å²) >= 11 is 3.59. The largest absolute Gasteiger partial charge is 0.0628 e. The molecule has 0 fully saturated rings. The van der Waals surface area contributed by atoms with E-state index in [1.54, 1.807) is 0 Å². The molecule has 0 radical (unpaired) electrons. The van der Waals surface area contributed by atoms with E-state index in [2.05, 4.69) is 55.8 Å². The Morgan fingerprint density at radius 1 is 1.14 bits per heavy atom. The quantitative estimate of drug-likeness (QED) is 0.737. The standard InChI is InChI=1S/C13H19Br/c1-9(2)5-6-12-7-10(3)13(14)11(4)8-12/h7-9H,5-6H2,1-4H3. The highest BCUT2D eigenvalue weighted by Gasteiger charge is 2.03. The van der Waals surface area contributed by atoms with Crippen LogP contribution in [0.2, 0.25) is 0 Å². The van der Waals surface area contributed by atoms with Gasteiger partial charge in [-0.15, -0.1) is 0 Å². The SMILES string of the molecule is Cc1cc(CCC(C)C)cc(C)c1Br. The van der Waals surface area contributed by atoms with E-state index in [4.69, 9.17) is 0 Å². The predicted molar refractivity (Wildman–Crippen MR) is 66.8 cm³/mol. The third-order valence-corrected chi connectivity index (χ3v) is 3.76. The van der Waals surface area contributed by atoms with Gasteiger partial charge >= 0.3 is 0 Å². The monoisotopic (exact) mass is 254 g/mol. The van der Waals surface area contributed by atoms with E-state index in [1.807, 2.05) is 0 Å². The minimum absolute atomic E-state index is 0.791. The summed E-state index contributed by atoms with van der Waals surface area (Å²) in [6.07, 6.45) is 2.48. The van der Waals surface area contributed by atoms with E-state index in [9.17, 15) is 0 Å². The van der Waals surface area contributed by atoms with Gasteiger partial charge in [-0.3, -0.25) is 0 Å². The van der Waals surface area contributed by atoms with E-state index in [-0.39, 0.29) is 0 Å². The normalized spacial score (nSPS) is 11.0. The van der Waals surface area contributed by atoms with Crippen LogP contribution in [0.3, 0.4) is 0 Å². The van der Waals surface area contributed by atoms with Crippen LogP contribution in [0.15, 0.2) is 16.6 Å². The first-order valence-electron chi connectivity index (χ1n) is 5.26. The maximum absolute atomic E-state index is 3.59. The van der Waals surface area contributed by atoms with Crippen LogP contribution in [0, 0.1) is 19.8 Å². The van der Waals surface area contributed by atoms with Gasteiger partial charge in [0.15, 0.2) is 0 Å². The van der Waals surface area contributed by atoms with Crippen molar-refractivity contribution in [2.75, 3.05) is 0 Å². The van der Waals surface area contributed by atoms with Gasteiger partial charge in [-0.05, 0) is 49.3 Å². The van der Waals surface area contributed by atoms with E-state index < -0.39 is 0 Å². The van der Waals surface area contributed by atoms with Gasteiger partial charge in [0, 0.05) is 4.47 Å². The molecule has 1 rings (SSSR count). The summed E-state index contributed by atoms with van der Waals surface area (Å²) in [5.41, 5.74) is 4.17. The molecule has 0 amide bonds. The van der Waals surface area contributed by atoms with Crippen LogP contribution in [-0.4, -0.2) is 0 Å².